The maximum atomic E-state index is 5.92. The van der Waals surface area contributed by atoms with E-state index in [0.29, 0.717) is 12.1 Å². The molecular formula is C21H27NO. The Balaban J connectivity index is 1.64. The molecule has 0 saturated carbocycles. The molecule has 0 aliphatic carbocycles. The van der Waals surface area contributed by atoms with E-state index in [1.807, 2.05) is 0 Å². The number of aryl methyl sites for hydroxylation is 2. The zero-order valence-corrected chi connectivity index (χ0v) is 14.4. The number of benzene rings is 2. The summed E-state index contributed by atoms with van der Waals surface area (Å²) in [4.78, 5) is 2.47. The van der Waals surface area contributed by atoms with Gasteiger partial charge in [0.05, 0.1) is 18.2 Å². The van der Waals surface area contributed by atoms with Gasteiger partial charge in [0.1, 0.15) is 0 Å². The van der Waals surface area contributed by atoms with E-state index in [1.165, 1.54) is 16.8 Å². The van der Waals surface area contributed by atoms with Crippen molar-refractivity contribution in [3.63, 3.8) is 0 Å². The van der Waals surface area contributed by atoms with Gasteiger partial charge >= 0.3 is 0 Å². The average Bonchev–Trinajstić information content (AvgIpc) is 2.58. The van der Waals surface area contributed by atoms with Crippen molar-refractivity contribution in [2.45, 2.75) is 51.9 Å². The van der Waals surface area contributed by atoms with E-state index in [-0.39, 0.29) is 6.10 Å². The van der Waals surface area contributed by atoms with Crippen LogP contribution in [0.15, 0.2) is 54.6 Å². The number of hydrogen-bond acceptors (Lipinski definition) is 2. The molecular weight excluding hydrogens is 282 g/mol. The summed E-state index contributed by atoms with van der Waals surface area (Å²) in [5.41, 5.74) is 4.11. The first-order valence-corrected chi connectivity index (χ1v) is 8.68. The Hall–Kier alpha value is -1.80. The van der Waals surface area contributed by atoms with Crippen LogP contribution in [-0.2, 0) is 17.6 Å². The summed E-state index contributed by atoms with van der Waals surface area (Å²) in [5.74, 6) is 0. The highest BCUT2D eigenvalue weighted by Crippen LogP contribution is 2.25. The molecule has 2 aromatic rings. The molecule has 1 saturated heterocycles. The third-order valence-corrected chi connectivity index (χ3v) is 4.88. The molecule has 1 fully saturated rings. The fraction of sp³-hybridized carbons (Fsp3) is 0.429. The predicted molar refractivity (Wildman–Crippen MR) is 97.1 cm³/mol. The van der Waals surface area contributed by atoms with Crippen LogP contribution in [0.5, 0.6) is 0 Å². The molecule has 0 radical (unpaired) electrons. The Morgan fingerprint density at radius 2 is 1.48 bits per heavy atom. The molecule has 0 amide bonds. The van der Waals surface area contributed by atoms with Crippen LogP contribution in [0.4, 0.5) is 5.69 Å². The summed E-state index contributed by atoms with van der Waals surface area (Å²) >= 11 is 0. The summed E-state index contributed by atoms with van der Waals surface area (Å²) in [6, 6.07) is 20.2. The standard InChI is InChI=1S/C21H27NO/c1-16-15-22(17(2)18(3)23-16)21-13-11-20(12-14-21)10-9-19-7-5-4-6-8-19/h4-8,11-14,16-18H,9-10,15H2,1-3H3/t16-,17?,18+/m0/s1. The van der Waals surface area contributed by atoms with Gasteiger partial charge in [-0.2, -0.15) is 0 Å². The van der Waals surface area contributed by atoms with Gasteiger partial charge < -0.3 is 9.64 Å². The maximum absolute atomic E-state index is 5.92. The van der Waals surface area contributed by atoms with Crippen molar-refractivity contribution in [3.05, 3.63) is 65.7 Å². The number of nitrogens with zero attached hydrogens (tertiary/aromatic N) is 1. The van der Waals surface area contributed by atoms with Gasteiger partial charge in [-0.05, 0) is 56.9 Å². The maximum Gasteiger partial charge on any atom is 0.0751 e. The van der Waals surface area contributed by atoms with Crippen molar-refractivity contribution in [2.75, 3.05) is 11.4 Å². The summed E-state index contributed by atoms with van der Waals surface area (Å²) in [5, 5.41) is 0. The highest BCUT2D eigenvalue weighted by molar-refractivity contribution is 5.49. The minimum absolute atomic E-state index is 0.275. The van der Waals surface area contributed by atoms with Crippen LogP contribution >= 0.6 is 0 Å². The Morgan fingerprint density at radius 1 is 0.870 bits per heavy atom. The lowest BCUT2D eigenvalue weighted by molar-refractivity contribution is -0.0257. The second kappa shape index (κ2) is 7.18. The van der Waals surface area contributed by atoms with Crippen molar-refractivity contribution >= 4 is 5.69 Å². The molecule has 1 heterocycles. The fourth-order valence-electron chi connectivity index (χ4n) is 3.35. The summed E-state index contributed by atoms with van der Waals surface area (Å²) in [7, 11) is 0. The quantitative estimate of drug-likeness (QED) is 0.826. The molecule has 23 heavy (non-hydrogen) atoms. The van der Waals surface area contributed by atoms with Crippen LogP contribution in [0.2, 0.25) is 0 Å². The Labute approximate surface area is 140 Å². The Bertz CT molecular complexity index is 607. The zero-order chi connectivity index (χ0) is 16.2. The molecule has 2 aromatic carbocycles. The first-order valence-electron chi connectivity index (χ1n) is 8.68. The van der Waals surface area contributed by atoms with Crippen LogP contribution in [0.1, 0.15) is 31.9 Å². The van der Waals surface area contributed by atoms with Crippen molar-refractivity contribution < 1.29 is 4.74 Å². The molecule has 0 spiro atoms. The molecule has 1 aliphatic heterocycles. The van der Waals surface area contributed by atoms with E-state index in [0.717, 1.165) is 19.4 Å². The van der Waals surface area contributed by atoms with Crippen LogP contribution in [-0.4, -0.2) is 24.8 Å². The summed E-state index contributed by atoms with van der Waals surface area (Å²) < 4.78 is 5.92. The lowest BCUT2D eigenvalue weighted by Gasteiger charge is -2.42. The number of ether oxygens (including phenoxy) is 1. The highest BCUT2D eigenvalue weighted by atomic mass is 16.5. The molecule has 1 unspecified atom stereocenters. The van der Waals surface area contributed by atoms with Crippen molar-refractivity contribution in [1.29, 1.82) is 0 Å². The zero-order valence-electron chi connectivity index (χ0n) is 14.4. The van der Waals surface area contributed by atoms with Crippen LogP contribution in [0, 0.1) is 0 Å². The topological polar surface area (TPSA) is 12.5 Å². The first kappa shape index (κ1) is 16.1. The third kappa shape index (κ3) is 3.94. The van der Waals surface area contributed by atoms with E-state index in [1.54, 1.807) is 0 Å². The number of hydrogen-bond donors (Lipinski definition) is 0. The molecule has 0 aromatic heterocycles. The lowest BCUT2D eigenvalue weighted by Crippen LogP contribution is -2.52. The van der Waals surface area contributed by atoms with Crippen molar-refractivity contribution in [3.8, 4) is 0 Å². The van der Waals surface area contributed by atoms with Crippen LogP contribution in [0.25, 0.3) is 0 Å². The smallest absolute Gasteiger partial charge is 0.0751 e. The lowest BCUT2D eigenvalue weighted by atomic mass is 10.0. The summed E-state index contributed by atoms with van der Waals surface area (Å²) in [6.07, 6.45) is 2.76. The monoisotopic (exact) mass is 309 g/mol. The minimum atomic E-state index is 0.275. The number of morpholine rings is 1. The highest BCUT2D eigenvalue weighted by Gasteiger charge is 2.29. The van der Waals surface area contributed by atoms with Gasteiger partial charge in [0.25, 0.3) is 0 Å². The fourth-order valence-corrected chi connectivity index (χ4v) is 3.35. The van der Waals surface area contributed by atoms with E-state index in [9.17, 15) is 0 Å². The second-order valence-electron chi connectivity index (χ2n) is 6.70. The Kier molecular flexibility index (Phi) is 5.02. The largest absolute Gasteiger partial charge is 0.372 e. The average molecular weight is 309 g/mol. The van der Waals surface area contributed by atoms with Gasteiger partial charge in [-0.25, -0.2) is 0 Å². The van der Waals surface area contributed by atoms with Gasteiger partial charge in [-0.1, -0.05) is 42.5 Å². The van der Waals surface area contributed by atoms with Crippen molar-refractivity contribution in [1.82, 2.24) is 0 Å². The summed E-state index contributed by atoms with van der Waals surface area (Å²) in [6.45, 7) is 7.54. The van der Waals surface area contributed by atoms with Gasteiger partial charge in [0, 0.05) is 12.2 Å². The molecule has 2 heteroatoms. The van der Waals surface area contributed by atoms with Crippen molar-refractivity contribution in [2.24, 2.45) is 0 Å². The van der Waals surface area contributed by atoms with Gasteiger partial charge in [-0.15, -0.1) is 0 Å². The molecule has 122 valence electrons. The number of rotatable bonds is 4. The van der Waals surface area contributed by atoms with Crippen LogP contribution in [0.3, 0.4) is 0 Å². The van der Waals surface area contributed by atoms with E-state index >= 15 is 0 Å². The normalized spacial score (nSPS) is 24.7. The molecule has 2 nitrogen and oxygen atoms in total. The number of anilines is 1. The third-order valence-electron chi connectivity index (χ3n) is 4.88. The molecule has 3 atom stereocenters. The van der Waals surface area contributed by atoms with Gasteiger partial charge in [0.15, 0.2) is 0 Å². The Morgan fingerprint density at radius 3 is 2.13 bits per heavy atom. The molecule has 0 N–H and O–H groups in total. The van der Waals surface area contributed by atoms with E-state index in [4.69, 9.17) is 4.74 Å². The molecule has 1 aliphatic rings. The van der Waals surface area contributed by atoms with Crippen LogP contribution < -0.4 is 4.90 Å². The second-order valence-corrected chi connectivity index (χ2v) is 6.70. The predicted octanol–water partition coefficient (Wildman–Crippen LogP) is 4.47. The van der Waals surface area contributed by atoms with E-state index in [2.05, 4.69) is 80.3 Å². The molecule has 3 rings (SSSR count). The molecule has 0 bridgehead atoms. The minimum Gasteiger partial charge on any atom is -0.372 e. The first-order chi connectivity index (χ1) is 11.1. The van der Waals surface area contributed by atoms with Gasteiger partial charge in [-0.3, -0.25) is 0 Å². The van der Waals surface area contributed by atoms with E-state index < -0.39 is 0 Å². The van der Waals surface area contributed by atoms with Gasteiger partial charge in [0.2, 0.25) is 0 Å². The SMILES string of the molecule is CC1[C@@H](C)O[C@@H](C)CN1c1ccc(CCc2ccccc2)cc1.